The normalized spacial score (nSPS) is 12.6. The molecular weight excluding hydrogens is 224 g/mol. The molecule has 0 bridgehead atoms. The summed E-state index contributed by atoms with van der Waals surface area (Å²) in [6.45, 7) is 4.31. The Morgan fingerprint density at radius 1 is 1.22 bits per heavy atom. The molecule has 96 valence electrons. The summed E-state index contributed by atoms with van der Waals surface area (Å²) in [6.07, 6.45) is 5.45. The van der Waals surface area contributed by atoms with Crippen LogP contribution in [0, 0.1) is 0 Å². The largest absolute Gasteiger partial charge is 0.386 e. The van der Waals surface area contributed by atoms with E-state index in [1.807, 2.05) is 0 Å². The van der Waals surface area contributed by atoms with E-state index < -0.39 is 6.10 Å². The van der Waals surface area contributed by atoms with Crippen molar-refractivity contribution in [2.24, 2.45) is 0 Å². The van der Waals surface area contributed by atoms with Crippen molar-refractivity contribution in [2.45, 2.75) is 39.2 Å². The summed E-state index contributed by atoms with van der Waals surface area (Å²) < 4.78 is 0. The van der Waals surface area contributed by atoms with Crippen LogP contribution >= 0.6 is 0 Å². The predicted molar refractivity (Wildman–Crippen MR) is 72.4 cm³/mol. The Bertz CT molecular complexity index is 491. The van der Waals surface area contributed by atoms with Crippen molar-refractivity contribution in [2.75, 3.05) is 0 Å². The number of hydrogen-bond acceptors (Lipinski definition) is 2. The van der Waals surface area contributed by atoms with Gasteiger partial charge in [0.25, 0.3) is 0 Å². The van der Waals surface area contributed by atoms with E-state index in [4.69, 9.17) is 0 Å². The van der Waals surface area contributed by atoms with Crippen molar-refractivity contribution in [3.63, 3.8) is 0 Å². The minimum absolute atomic E-state index is 0.509. The first-order chi connectivity index (χ1) is 8.74. The van der Waals surface area contributed by atoms with E-state index in [1.165, 1.54) is 16.7 Å². The van der Waals surface area contributed by atoms with E-state index in [9.17, 15) is 5.11 Å². The first-order valence-electron chi connectivity index (χ1n) is 6.51. The minimum atomic E-state index is -0.509. The standard InChI is InChI=1S/C15H20N2O/c1-3-11-5-6-13(12(4-2)7-11)8-15(18)14-9-16-10-17-14/h5-7,9-10,15,18H,3-4,8H2,1-2H3,(H,16,17). The molecule has 0 spiro atoms. The van der Waals surface area contributed by atoms with Crippen LogP contribution in [0.1, 0.15) is 42.3 Å². The molecule has 0 aliphatic heterocycles. The van der Waals surface area contributed by atoms with Crippen molar-refractivity contribution in [1.82, 2.24) is 9.97 Å². The molecule has 0 fully saturated rings. The van der Waals surface area contributed by atoms with Crippen molar-refractivity contribution < 1.29 is 5.11 Å². The fourth-order valence-electron chi connectivity index (χ4n) is 2.19. The Morgan fingerprint density at radius 3 is 2.67 bits per heavy atom. The van der Waals surface area contributed by atoms with Gasteiger partial charge in [-0.25, -0.2) is 4.98 Å². The van der Waals surface area contributed by atoms with E-state index in [0.29, 0.717) is 6.42 Å². The Labute approximate surface area is 108 Å². The van der Waals surface area contributed by atoms with Crippen LogP contribution in [0.3, 0.4) is 0 Å². The number of aliphatic hydroxyl groups excluding tert-OH is 1. The van der Waals surface area contributed by atoms with E-state index in [0.717, 1.165) is 18.5 Å². The molecule has 2 N–H and O–H groups in total. The summed E-state index contributed by atoms with van der Waals surface area (Å²) >= 11 is 0. The molecule has 1 atom stereocenters. The quantitative estimate of drug-likeness (QED) is 0.849. The molecule has 1 aromatic heterocycles. The second kappa shape index (κ2) is 5.83. The maximum Gasteiger partial charge on any atom is 0.0994 e. The molecule has 0 aliphatic carbocycles. The topological polar surface area (TPSA) is 48.9 Å². The molecule has 1 aromatic carbocycles. The molecule has 3 heteroatoms. The third-order valence-corrected chi connectivity index (χ3v) is 3.35. The third kappa shape index (κ3) is 2.79. The Morgan fingerprint density at radius 2 is 2.06 bits per heavy atom. The van der Waals surface area contributed by atoms with Crippen LogP contribution in [0.15, 0.2) is 30.7 Å². The predicted octanol–water partition coefficient (Wildman–Crippen LogP) is 2.81. The van der Waals surface area contributed by atoms with Gasteiger partial charge in [0.05, 0.1) is 24.3 Å². The number of nitrogens with zero attached hydrogens (tertiary/aromatic N) is 1. The van der Waals surface area contributed by atoms with E-state index in [-0.39, 0.29) is 0 Å². The van der Waals surface area contributed by atoms with Crippen LogP contribution in [0.5, 0.6) is 0 Å². The van der Waals surface area contributed by atoms with Gasteiger partial charge >= 0.3 is 0 Å². The zero-order valence-electron chi connectivity index (χ0n) is 11.0. The number of benzene rings is 1. The number of nitrogens with one attached hydrogen (secondary N) is 1. The first-order valence-corrected chi connectivity index (χ1v) is 6.51. The summed E-state index contributed by atoms with van der Waals surface area (Å²) in [6, 6.07) is 6.53. The van der Waals surface area contributed by atoms with Crippen molar-refractivity contribution in [1.29, 1.82) is 0 Å². The molecule has 0 aliphatic rings. The number of aromatic nitrogens is 2. The van der Waals surface area contributed by atoms with Crippen LogP contribution < -0.4 is 0 Å². The molecule has 18 heavy (non-hydrogen) atoms. The zero-order valence-corrected chi connectivity index (χ0v) is 11.0. The number of aliphatic hydroxyl groups is 1. The highest BCUT2D eigenvalue weighted by molar-refractivity contribution is 5.33. The maximum absolute atomic E-state index is 10.1. The summed E-state index contributed by atoms with van der Waals surface area (Å²) in [4.78, 5) is 6.90. The second-order valence-electron chi connectivity index (χ2n) is 4.54. The lowest BCUT2D eigenvalue weighted by molar-refractivity contribution is 0.174. The van der Waals surface area contributed by atoms with Crippen LogP contribution in [-0.4, -0.2) is 15.1 Å². The molecule has 0 amide bonds. The van der Waals surface area contributed by atoms with Crippen LogP contribution in [0.4, 0.5) is 0 Å². The Kier molecular flexibility index (Phi) is 4.15. The number of H-pyrrole nitrogens is 1. The Balaban J connectivity index is 2.18. The van der Waals surface area contributed by atoms with Gasteiger partial charge in [-0.2, -0.15) is 0 Å². The van der Waals surface area contributed by atoms with Crippen molar-refractivity contribution in [3.8, 4) is 0 Å². The molecular formula is C15H20N2O. The molecule has 0 radical (unpaired) electrons. The van der Waals surface area contributed by atoms with Gasteiger partial charge < -0.3 is 10.1 Å². The SMILES string of the molecule is CCc1ccc(CC(O)c2cnc[nH]2)c(CC)c1. The van der Waals surface area contributed by atoms with Crippen molar-refractivity contribution >= 4 is 0 Å². The highest BCUT2D eigenvalue weighted by Gasteiger charge is 2.12. The minimum Gasteiger partial charge on any atom is -0.386 e. The maximum atomic E-state index is 10.1. The molecule has 3 nitrogen and oxygen atoms in total. The lowest BCUT2D eigenvalue weighted by atomic mass is 9.96. The zero-order chi connectivity index (χ0) is 13.0. The van der Waals surface area contributed by atoms with Gasteiger partial charge in [-0.05, 0) is 29.5 Å². The average Bonchev–Trinajstić information content (AvgIpc) is 2.93. The van der Waals surface area contributed by atoms with Gasteiger partial charge in [0.1, 0.15) is 0 Å². The fraction of sp³-hybridized carbons (Fsp3) is 0.400. The third-order valence-electron chi connectivity index (χ3n) is 3.35. The van der Waals surface area contributed by atoms with Gasteiger partial charge in [-0.15, -0.1) is 0 Å². The van der Waals surface area contributed by atoms with Crippen LogP contribution in [0.25, 0.3) is 0 Å². The van der Waals surface area contributed by atoms with Gasteiger partial charge in [0, 0.05) is 6.42 Å². The molecule has 1 heterocycles. The number of aryl methyl sites for hydroxylation is 2. The van der Waals surface area contributed by atoms with Gasteiger partial charge in [0.2, 0.25) is 0 Å². The Hall–Kier alpha value is -1.61. The smallest absolute Gasteiger partial charge is 0.0994 e. The van der Waals surface area contributed by atoms with Crippen LogP contribution in [-0.2, 0) is 19.3 Å². The number of aromatic amines is 1. The number of rotatable bonds is 5. The van der Waals surface area contributed by atoms with Gasteiger partial charge in [-0.1, -0.05) is 32.0 Å². The van der Waals surface area contributed by atoms with E-state index in [1.54, 1.807) is 12.5 Å². The molecule has 2 aromatic rings. The van der Waals surface area contributed by atoms with Gasteiger partial charge in [-0.3, -0.25) is 0 Å². The molecule has 1 unspecified atom stereocenters. The van der Waals surface area contributed by atoms with Crippen molar-refractivity contribution in [3.05, 3.63) is 53.1 Å². The van der Waals surface area contributed by atoms with E-state index in [2.05, 4.69) is 42.0 Å². The highest BCUT2D eigenvalue weighted by Crippen LogP contribution is 2.20. The number of hydrogen-bond donors (Lipinski definition) is 2. The van der Waals surface area contributed by atoms with Crippen LogP contribution in [0.2, 0.25) is 0 Å². The highest BCUT2D eigenvalue weighted by atomic mass is 16.3. The first kappa shape index (κ1) is 12.8. The monoisotopic (exact) mass is 244 g/mol. The van der Waals surface area contributed by atoms with Gasteiger partial charge in [0.15, 0.2) is 0 Å². The lowest BCUT2D eigenvalue weighted by Crippen LogP contribution is -2.05. The molecule has 0 saturated heterocycles. The summed E-state index contributed by atoms with van der Waals surface area (Å²) in [7, 11) is 0. The molecule has 2 rings (SSSR count). The average molecular weight is 244 g/mol. The fourth-order valence-corrected chi connectivity index (χ4v) is 2.19. The summed E-state index contributed by atoms with van der Waals surface area (Å²) in [5.41, 5.74) is 4.67. The summed E-state index contributed by atoms with van der Waals surface area (Å²) in [5.74, 6) is 0. The lowest BCUT2D eigenvalue weighted by Gasteiger charge is -2.13. The molecule has 0 saturated carbocycles. The second-order valence-corrected chi connectivity index (χ2v) is 4.54. The summed E-state index contributed by atoms with van der Waals surface area (Å²) in [5, 5.41) is 10.1. The van der Waals surface area contributed by atoms with E-state index >= 15 is 0 Å². The number of imidazole rings is 1.